The van der Waals surface area contributed by atoms with Crippen LogP contribution in [-0.2, 0) is 4.79 Å². The van der Waals surface area contributed by atoms with Crippen LogP contribution in [0.25, 0.3) is 0 Å². The minimum Gasteiger partial charge on any atom is -0.299 e. The van der Waals surface area contributed by atoms with Gasteiger partial charge >= 0.3 is 0 Å². The monoisotopic (exact) mass is 140 g/mol. The van der Waals surface area contributed by atoms with E-state index < -0.39 is 0 Å². The summed E-state index contributed by atoms with van der Waals surface area (Å²) in [6.45, 7) is 3.22. The van der Waals surface area contributed by atoms with Crippen LogP contribution >= 0.6 is 0 Å². The van der Waals surface area contributed by atoms with Crippen molar-refractivity contribution >= 4 is 12.0 Å². The maximum Gasteiger partial charge on any atom is 0.155 e. The molecule has 0 fully saturated rings. The van der Waals surface area contributed by atoms with Gasteiger partial charge in [-0.2, -0.15) is 0 Å². The first-order valence-corrected chi connectivity index (χ1v) is 3.41. The van der Waals surface area contributed by atoms with Gasteiger partial charge in [-0.25, -0.2) is 0 Å². The van der Waals surface area contributed by atoms with Crippen LogP contribution in [0.4, 0.5) is 0 Å². The number of ketones is 1. The van der Waals surface area contributed by atoms with E-state index >= 15 is 0 Å². The zero-order chi connectivity index (χ0) is 7.56. The van der Waals surface area contributed by atoms with Crippen LogP contribution < -0.4 is 0 Å². The van der Waals surface area contributed by atoms with Crippen molar-refractivity contribution in [1.82, 2.24) is 4.90 Å². The molecule has 0 spiro atoms. The van der Waals surface area contributed by atoms with Crippen molar-refractivity contribution in [3.05, 3.63) is 0 Å². The SMILES string of the molecule is CC(=O)C1CN(C)CC=N1. The number of carbonyl (C=O) groups excluding carboxylic acids is 1. The Bertz CT molecular complexity index is 165. The first-order valence-electron chi connectivity index (χ1n) is 3.41. The Balaban J connectivity index is 2.55. The summed E-state index contributed by atoms with van der Waals surface area (Å²) in [5.74, 6) is 0.155. The van der Waals surface area contributed by atoms with E-state index in [1.165, 1.54) is 0 Å². The van der Waals surface area contributed by atoms with E-state index in [0.29, 0.717) is 0 Å². The average Bonchev–Trinajstić information content (AvgIpc) is 1.88. The smallest absolute Gasteiger partial charge is 0.155 e. The lowest BCUT2D eigenvalue weighted by Crippen LogP contribution is -2.37. The van der Waals surface area contributed by atoms with Crippen LogP contribution in [0.2, 0.25) is 0 Å². The Morgan fingerprint density at radius 2 is 2.50 bits per heavy atom. The van der Waals surface area contributed by atoms with Gasteiger partial charge in [-0.05, 0) is 14.0 Å². The predicted molar refractivity (Wildman–Crippen MR) is 40.5 cm³/mol. The quantitative estimate of drug-likeness (QED) is 0.512. The van der Waals surface area contributed by atoms with Crippen LogP contribution in [-0.4, -0.2) is 43.1 Å². The van der Waals surface area contributed by atoms with Crippen molar-refractivity contribution in [3.63, 3.8) is 0 Å². The standard InChI is InChI=1S/C7H12N2O/c1-6(10)7-5-9(2)4-3-8-7/h3,7H,4-5H2,1-2H3. The van der Waals surface area contributed by atoms with Gasteiger partial charge in [0.1, 0.15) is 6.04 Å². The second kappa shape index (κ2) is 2.92. The molecular weight excluding hydrogens is 128 g/mol. The molecule has 0 N–H and O–H groups in total. The molecule has 1 aliphatic heterocycles. The molecular formula is C7H12N2O. The number of likely N-dealkylation sites (N-methyl/N-ethyl adjacent to an activating group) is 1. The number of Topliss-reactive ketones (excluding diaryl/α,β-unsaturated/α-hetero) is 1. The van der Waals surface area contributed by atoms with Crippen molar-refractivity contribution in [2.45, 2.75) is 13.0 Å². The van der Waals surface area contributed by atoms with E-state index in [4.69, 9.17) is 0 Å². The summed E-state index contributed by atoms with van der Waals surface area (Å²) < 4.78 is 0. The second-order valence-electron chi connectivity index (χ2n) is 2.68. The topological polar surface area (TPSA) is 32.7 Å². The molecule has 3 nitrogen and oxygen atoms in total. The highest BCUT2D eigenvalue weighted by atomic mass is 16.1. The van der Waals surface area contributed by atoms with Gasteiger partial charge in [-0.1, -0.05) is 0 Å². The highest BCUT2D eigenvalue weighted by Crippen LogP contribution is 1.99. The minimum atomic E-state index is -0.112. The van der Waals surface area contributed by atoms with Crippen molar-refractivity contribution in [2.24, 2.45) is 4.99 Å². The minimum absolute atomic E-state index is 0.112. The van der Waals surface area contributed by atoms with Crippen molar-refractivity contribution in [3.8, 4) is 0 Å². The number of hydrogen-bond donors (Lipinski definition) is 0. The summed E-state index contributed by atoms with van der Waals surface area (Å²) in [4.78, 5) is 16.9. The molecule has 0 radical (unpaired) electrons. The number of aliphatic imine (C=N–C) groups is 1. The maximum absolute atomic E-state index is 10.8. The third kappa shape index (κ3) is 1.64. The molecule has 0 saturated carbocycles. The number of carbonyl (C=O) groups is 1. The van der Waals surface area contributed by atoms with E-state index in [1.807, 2.05) is 7.05 Å². The molecule has 56 valence electrons. The molecule has 10 heavy (non-hydrogen) atoms. The molecule has 0 aromatic carbocycles. The zero-order valence-corrected chi connectivity index (χ0v) is 6.37. The number of rotatable bonds is 1. The first-order chi connectivity index (χ1) is 4.70. The van der Waals surface area contributed by atoms with Crippen LogP contribution in [0.5, 0.6) is 0 Å². The third-order valence-electron chi connectivity index (χ3n) is 1.63. The van der Waals surface area contributed by atoms with E-state index in [2.05, 4.69) is 9.89 Å². The normalized spacial score (nSPS) is 26.8. The van der Waals surface area contributed by atoms with Gasteiger partial charge in [0.05, 0.1) is 0 Å². The lowest BCUT2D eigenvalue weighted by atomic mass is 10.2. The fraction of sp³-hybridized carbons (Fsp3) is 0.714. The summed E-state index contributed by atoms with van der Waals surface area (Å²) in [6.07, 6.45) is 1.80. The molecule has 1 atom stereocenters. The number of nitrogens with zero attached hydrogens (tertiary/aromatic N) is 2. The maximum atomic E-state index is 10.8. The summed E-state index contributed by atoms with van der Waals surface area (Å²) in [7, 11) is 1.99. The first kappa shape index (κ1) is 7.41. The second-order valence-corrected chi connectivity index (χ2v) is 2.68. The Morgan fingerprint density at radius 3 is 2.90 bits per heavy atom. The van der Waals surface area contributed by atoms with Gasteiger partial charge < -0.3 is 0 Å². The molecule has 0 bridgehead atoms. The molecule has 1 aliphatic rings. The van der Waals surface area contributed by atoms with E-state index in [0.717, 1.165) is 13.1 Å². The summed E-state index contributed by atoms with van der Waals surface area (Å²) in [5, 5.41) is 0. The zero-order valence-electron chi connectivity index (χ0n) is 6.37. The average molecular weight is 140 g/mol. The molecule has 3 heteroatoms. The van der Waals surface area contributed by atoms with Gasteiger partial charge in [0.2, 0.25) is 0 Å². The van der Waals surface area contributed by atoms with Gasteiger partial charge in [-0.15, -0.1) is 0 Å². The molecule has 0 aromatic rings. The van der Waals surface area contributed by atoms with Crippen LogP contribution in [0.3, 0.4) is 0 Å². The summed E-state index contributed by atoms with van der Waals surface area (Å²) in [5.41, 5.74) is 0. The molecule has 0 amide bonds. The lowest BCUT2D eigenvalue weighted by molar-refractivity contribution is -0.118. The van der Waals surface area contributed by atoms with Gasteiger partial charge in [-0.3, -0.25) is 14.7 Å². The molecule has 1 rings (SSSR count). The van der Waals surface area contributed by atoms with Crippen LogP contribution in [0, 0.1) is 0 Å². The Hall–Kier alpha value is -0.700. The number of hydrogen-bond acceptors (Lipinski definition) is 3. The molecule has 1 unspecified atom stereocenters. The summed E-state index contributed by atoms with van der Waals surface area (Å²) >= 11 is 0. The van der Waals surface area contributed by atoms with Crippen molar-refractivity contribution in [2.75, 3.05) is 20.1 Å². The van der Waals surface area contributed by atoms with Crippen LogP contribution in [0.1, 0.15) is 6.92 Å². The highest BCUT2D eigenvalue weighted by molar-refractivity contribution is 5.84. The fourth-order valence-electron chi connectivity index (χ4n) is 0.964. The molecule has 0 aliphatic carbocycles. The van der Waals surface area contributed by atoms with E-state index in [-0.39, 0.29) is 11.8 Å². The molecule has 1 heterocycles. The van der Waals surface area contributed by atoms with E-state index in [9.17, 15) is 4.79 Å². The Labute approximate surface area is 60.7 Å². The Morgan fingerprint density at radius 1 is 1.80 bits per heavy atom. The predicted octanol–water partition coefficient (Wildman–Crippen LogP) is -0.0398. The Kier molecular flexibility index (Phi) is 2.17. The van der Waals surface area contributed by atoms with Gasteiger partial charge in [0.25, 0.3) is 0 Å². The fourth-order valence-corrected chi connectivity index (χ4v) is 0.964. The molecule has 0 saturated heterocycles. The molecule has 0 aromatic heterocycles. The van der Waals surface area contributed by atoms with Crippen molar-refractivity contribution < 1.29 is 4.79 Å². The van der Waals surface area contributed by atoms with Crippen LogP contribution in [0.15, 0.2) is 4.99 Å². The van der Waals surface area contributed by atoms with Gasteiger partial charge in [0.15, 0.2) is 5.78 Å². The summed E-state index contributed by atoms with van der Waals surface area (Å²) in [6, 6.07) is -0.112. The largest absolute Gasteiger partial charge is 0.299 e. The third-order valence-corrected chi connectivity index (χ3v) is 1.63. The van der Waals surface area contributed by atoms with E-state index in [1.54, 1.807) is 13.1 Å². The van der Waals surface area contributed by atoms with Crippen molar-refractivity contribution in [1.29, 1.82) is 0 Å². The highest BCUT2D eigenvalue weighted by Gasteiger charge is 2.16. The van der Waals surface area contributed by atoms with Gasteiger partial charge in [0, 0.05) is 19.3 Å². The lowest BCUT2D eigenvalue weighted by Gasteiger charge is -2.22.